The van der Waals surface area contributed by atoms with Gasteiger partial charge < -0.3 is 10.0 Å². The summed E-state index contributed by atoms with van der Waals surface area (Å²) in [4.78, 5) is 13.7. The lowest BCUT2D eigenvalue weighted by Crippen LogP contribution is -2.30. The first kappa shape index (κ1) is 10.7. The quantitative estimate of drug-likeness (QED) is 0.849. The topological polar surface area (TPSA) is 40.5 Å². The van der Waals surface area contributed by atoms with Gasteiger partial charge in [-0.15, -0.1) is 0 Å². The third kappa shape index (κ3) is 1.72. The Labute approximate surface area is 98.9 Å². The molecule has 1 aliphatic heterocycles. The standard InChI is InChI=1S/C13H14FNO2/c14-9-3-1-2-8(4-9)5-15-6-10-11(7-16)12(10)13(15)17/h1-4,10-12,16H,5-7H2. The summed E-state index contributed by atoms with van der Waals surface area (Å²) in [5.74, 6) is 0.353. The third-order valence-corrected chi connectivity index (χ3v) is 3.83. The molecule has 1 aromatic rings. The summed E-state index contributed by atoms with van der Waals surface area (Å²) in [5.41, 5.74) is 0.820. The smallest absolute Gasteiger partial charge is 0.226 e. The molecule has 0 spiro atoms. The van der Waals surface area contributed by atoms with Crippen molar-refractivity contribution in [3.8, 4) is 0 Å². The van der Waals surface area contributed by atoms with Crippen molar-refractivity contribution in [2.45, 2.75) is 6.54 Å². The maximum atomic E-state index is 13.0. The Morgan fingerprint density at radius 1 is 1.47 bits per heavy atom. The van der Waals surface area contributed by atoms with E-state index in [0.717, 1.165) is 5.56 Å². The Morgan fingerprint density at radius 2 is 2.29 bits per heavy atom. The highest BCUT2D eigenvalue weighted by Gasteiger charge is 2.60. The number of hydrogen-bond acceptors (Lipinski definition) is 2. The van der Waals surface area contributed by atoms with Crippen molar-refractivity contribution in [1.82, 2.24) is 4.90 Å². The minimum Gasteiger partial charge on any atom is -0.396 e. The number of fused-ring (bicyclic) bond motifs is 1. The molecule has 3 unspecified atom stereocenters. The summed E-state index contributed by atoms with van der Waals surface area (Å²) in [5, 5.41) is 9.02. The van der Waals surface area contributed by atoms with E-state index < -0.39 is 0 Å². The predicted octanol–water partition coefficient (Wildman–Crippen LogP) is 1.02. The molecule has 0 radical (unpaired) electrons. The first-order valence-corrected chi connectivity index (χ1v) is 5.85. The van der Waals surface area contributed by atoms with E-state index in [9.17, 15) is 9.18 Å². The van der Waals surface area contributed by atoms with Gasteiger partial charge in [-0.1, -0.05) is 12.1 Å². The zero-order chi connectivity index (χ0) is 12.0. The van der Waals surface area contributed by atoms with Crippen molar-refractivity contribution in [2.24, 2.45) is 17.8 Å². The van der Waals surface area contributed by atoms with Crippen LogP contribution in [0.15, 0.2) is 24.3 Å². The van der Waals surface area contributed by atoms with E-state index in [0.29, 0.717) is 19.0 Å². The van der Waals surface area contributed by atoms with Crippen LogP contribution in [0.2, 0.25) is 0 Å². The number of piperidine rings is 1. The Kier molecular flexibility index (Phi) is 2.40. The van der Waals surface area contributed by atoms with E-state index in [1.807, 2.05) is 6.07 Å². The number of rotatable bonds is 3. The van der Waals surface area contributed by atoms with Crippen LogP contribution in [-0.2, 0) is 11.3 Å². The highest BCUT2D eigenvalue weighted by atomic mass is 19.1. The maximum absolute atomic E-state index is 13.0. The number of nitrogens with zero attached hydrogens (tertiary/aromatic N) is 1. The van der Waals surface area contributed by atoms with Crippen LogP contribution in [0.25, 0.3) is 0 Å². The van der Waals surface area contributed by atoms with Gasteiger partial charge in [-0.2, -0.15) is 0 Å². The van der Waals surface area contributed by atoms with Crippen LogP contribution in [0, 0.1) is 23.6 Å². The fourth-order valence-electron chi connectivity index (χ4n) is 2.86. The second-order valence-electron chi connectivity index (χ2n) is 4.88. The summed E-state index contributed by atoms with van der Waals surface area (Å²) >= 11 is 0. The molecule has 3 nitrogen and oxygen atoms in total. The van der Waals surface area contributed by atoms with Crippen LogP contribution in [0.3, 0.4) is 0 Å². The van der Waals surface area contributed by atoms with Gasteiger partial charge in [0, 0.05) is 25.6 Å². The molecule has 1 aliphatic carbocycles. The summed E-state index contributed by atoms with van der Waals surface area (Å²) in [7, 11) is 0. The van der Waals surface area contributed by atoms with E-state index in [2.05, 4.69) is 0 Å². The van der Waals surface area contributed by atoms with Crippen LogP contribution >= 0.6 is 0 Å². The zero-order valence-electron chi connectivity index (χ0n) is 9.34. The van der Waals surface area contributed by atoms with Crippen LogP contribution in [0.5, 0.6) is 0 Å². The van der Waals surface area contributed by atoms with Gasteiger partial charge in [0.1, 0.15) is 5.82 Å². The maximum Gasteiger partial charge on any atom is 0.226 e. The number of aliphatic hydroxyl groups excluding tert-OH is 1. The van der Waals surface area contributed by atoms with Crippen LogP contribution in [0.4, 0.5) is 4.39 Å². The van der Waals surface area contributed by atoms with Crippen molar-refractivity contribution >= 4 is 5.91 Å². The van der Waals surface area contributed by atoms with Gasteiger partial charge in [0.15, 0.2) is 0 Å². The number of halogens is 1. The number of hydrogen-bond donors (Lipinski definition) is 1. The molecule has 90 valence electrons. The molecule has 1 saturated heterocycles. The fraction of sp³-hybridized carbons (Fsp3) is 0.462. The van der Waals surface area contributed by atoms with Gasteiger partial charge in [-0.05, 0) is 29.5 Å². The van der Waals surface area contributed by atoms with Crippen LogP contribution in [0.1, 0.15) is 5.56 Å². The van der Waals surface area contributed by atoms with Gasteiger partial charge in [0.25, 0.3) is 0 Å². The molecule has 1 N–H and O–H groups in total. The van der Waals surface area contributed by atoms with Gasteiger partial charge in [0.2, 0.25) is 5.91 Å². The molecule has 2 aliphatic rings. The van der Waals surface area contributed by atoms with E-state index in [1.54, 1.807) is 11.0 Å². The van der Waals surface area contributed by atoms with Crippen molar-refractivity contribution in [3.63, 3.8) is 0 Å². The Bertz CT molecular complexity index is 462. The minimum atomic E-state index is -0.271. The molecule has 1 amide bonds. The first-order chi connectivity index (χ1) is 8.20. The summed E-state index contributed by atoms with van der Waals surface area (Å²) < 4.78 is 13.0. The Hall–Kier alpha value is -1.42. The van der Waals surface area contributed by atoms with Crippen molar-refractivity contribution in [1.29, 1.82) is 0 Å². The lowest BCUT2D eigenvalue weighted by molar-refractivity contribution is -0.131. The van der Waals surface area contributed by atoms with E-state index in [-0.39, 0.29) is 30.2 Å². The molecule has 1 aromatic carbocycles. The molecular formula is C13H14FNO2. The van der Waals surface area contributed by atoms with Crippen molar-refractivity contribution < 1.29 is 14.3 Å². The number of aliphatic hydroxyl groups is 1. The number of carbonyl (C=O) groups excluding carboxylic acids is 1. The number of amides is 1. The van der Waals surface area contributed by atoms with E-state index in [4.69, 9.17) is 5.11 Å². The van der Waals surface area contributed by atoms with Crippen LogP contribution < -0.4 is 0 Å². The highest BCUT2D eigenvalue weighted by Crippen LogP contribution is 2.52. The van der Waals surface area contributed by atoms with Gasteiger partial charge in [-0.25, -0.2) is 4.39 Å². The molecule has 3 rings (SSSR count). The van der Waals surface area contributed by atoms with Crippen LogP contribution in [-0.4, -0.2) is 29.1 Å². The van der Waals surface area contributed by atoms with Gasteiger partial charge >= 0.3 is 0 Å². The van der Waals surface area contributed by atoms with Gasteiger partial charge in [0.05, 0.1) is 0 Å². The molecule has 0 bridgehead atoms. The Morgan fingerprint density at radius 3 is 2.88 bits per heavy atom. The van der Waals surface area contributed by atoms with Gasteiger partial charge in [-0.3, -0.25) is 4.79 Å². The molecular weight excluding hydrogens is 221 g/mol. The minimum absolute atomic E-state index is 0.0218. The fourth-order valence-corrected chi connectivity index (χ4v) is 2.86. The number of benzene rings is 1. The number of carbonyl (C=O) groups is 1. The summed E-state index contributed by atoms with van der Waals surface area (Å²) in [6.45, 7) is 1.28. The average molecular weight is 235 g/mol. The molecule has 17 heavy (non-hydrogen) atoms. The van der Waals surface area contributed by atoms with Crippen molar-refractivity contribution in [2.75, 3.05) is 13.2 Å². The summed E-state index contributed by atoms with van der Waals surface area (Å²) in [6.07, 6.45) is 0. The monoisotopic (exact) mass is 235 g/mol. The highest BCUT2D eigenvalue weighted by molar-refractivity contribution is 5.85. The number of likely N-dealkylation sites (tertiary alicyclic amines) is 1. The molecule has 1 saturated carbocycles. The molecule has 3 atom stereocenters. The largest absolute Gasteiger partial charge is 0.396 e. The molecule has 0 aromatic heterocycles. The van der Waals surface area contributed by atoms with E-state index in [1.165, 1.54) is 12.1 Å². The second-order valence-corrected chi connectivity index (χ2v) is 4.88. The first-order valence-electron chi connectivity index (χ1n) is 5.85. The molecule has 2 fully saturated rings. The SMILES string of the molecule is O=C1C2C(CO)C2CN1Cc1cccc(F)c1. The third-order valence-electron chi connectivity index (χ3n) is 3.83. The zero-order valence-corrected chi connectivity index (χ0v) is 9.34. The van der Waals surface area contributed by atoms with Crippen molar-refractivity contribution in [3.05, 3.63) is 35.6 Å². The average Bonchev–Trinajstić information content (AvgIpc) is 2.91. The summed E-state index contributed by atoms with van der Waals surface area (Å²) in [6, 6.07) is 6.33. The Balaban J connectivity index is 1.67. The molecule has 1 heterocycles. The van der Waals surface area contributed by atoms with E-state index >= 15 is 0 Å². The second kappa shape index (κ2) is 3.81. The predicted molar refractivity (Wildman–Crippen MR) is 59.4 cm³/mol. The normalized spacial score (nSPS) is 30.6. The molecule has 4 heteroatoms. The lowest BCUT2D eigenvalue weighted by atomic mass is 10.2. The lowest BCUT2D eigenvalue weighted by Gasteiger charge is -2.19.